The largest absolute Gasteiger partial charge is 0.489 e. The van der Waals surface area contributed by atoms with Gasteiger partial charge in [-0.05, 0) is 79.4 Å². The van der Waals surface area contributed by atoms with Crippen molar-refractivity contribution in [1.82, 2.24) is 9.30 Å². The zero-order valence-electron chi connectivity index (χ0n) is 21.1. The molecule has 184 valence electrons. The molecule has 0 radical (unpaired) electrons. The summed E-state index contributed by atoms with van der Waals surface area (Å²) in [5.74, 6) is 0.893. The fourth-order valence-electron chi connectivity index (χ4n) is 5.66. The van der Waals surface area contributed by atoms with Gasteiger partial charge in [-0.1, -0.05) is 55.5 Å². The molecule has 4 heterocycles. The van der Waals surface area contributed by atoms with E-state index in [1.807, 2.05) is 18.2 Å². The fraction of sp³-hybridized carbons (Fsp3) is 0.312. The van der Waals surface area contributed by atoms with Crippen molar-refractivity contribution in [3.05, 3.63) is 95.6 Å². The molecule has 1 aliphatic rings. The molecule has 4 heteroatoms. The van der Waals surface area contributed by atoms with Gasteiger partial charge in [0.05, 0.1) is 29.8 Å². The van der Waals surface area contributed by atoms with Crippen molar-refractivity contribution in [1.29, 1.82) is 0 Å². The summed E-state index contributed by atoms with van der Waals surface area (Å²) in [5.41, 5.74) is 10.2. The van der Waals surface area contributed by atoms with E-state index in [9.17, 15) is 0 Å². The van der Waals surface area contributed by atoms with E-state index in [1.165, 1.54) is 70.3 Å². The van der Waals surface area contributed by atoms with Gasteiger partial charge >= 0.3 is 0 Å². The number of hydrogen-bond acceptors (Lipinski definition) is 3. The SMILES string of the molecule is CCc1c(-c2ccc(OCc3ccccc3)cc2)c2cc(COCCN3CCCC3)c3cccc1n32. The van der Waals surface area contributed by atoms with Crippen molar-refractivity contribution in [2.45, 2.75) is 39.4 Å². The van der Waals surface area contributed by atoms with Crippen LogP contribution in [0.2, 0.25) is 0 Å². The molecule has 0 spiro atoms. The zero-order chi connectivity index (χ0) is 24.3. The minimum absolute atomic E-state index is 0.578. The molecule has 0 unspecified atom stereocenters. The van der Waals surface area contributed by atoms with E-state index in [2.05, 4.69) is 76.9 Å². The van der Waals surface area contributed by atoms with E-state index in [-0.39, 0.29) is 0 Å². The van der Waals surface area contributed by atoms with Crippen LogP contribution < -0.4 is 4.74 Å². The molecular formula is C32H34N2O2. The van der Waals surface area contributed by atoms with Crippen LogP contribution in [-0.2, 0) is 24.4 Å². The molecule has 0 atom stereocenters. The molecule has 0 N–H and O–H groups in total. The predicted molar refractivity (Wildman–Crippen MR) is 147 cm³/mol. The maximum atomic E-state index is 6.15. The Morgan fingerprint density at radius 3 is 2.33 bits per heavy atom. The third-order valence-corrected chi connectivity index (χ3v) is 7.49. The van der Waals surface area contributed by atoms with Gasteiger partial charge in [0.2, 0.25) is 0 Å². The van der Waals surface area contributed by atoms with Gasteiger partial charge in [0, 0.05) is 17.7 Å². The smallest absolute Gasteiger partial charge is 0.119 e. The molecule has 0 bridgehead atoms. The second-order valence-corrected chi connectivity index (χ2v) is 9.79. The summed E-state index contributed by atoms with van der Waals surface area (Å²) >= 11 is 0. The number of ether oxygens (including phenoxy) is 2. The first kappa shape index (κ1) is 23.1. The quantitative estimate of drug-likeness (QED) is 0.203. The van der Waals surface area contributed by atoms with E-state index in [4.69, 9.17) is 9.47 Å². The van der Waals surface area contributed by atoms with Gasteiger partial charge in [-0.3, -0.25) is 0 Å². The van der Waals surface area contributed by atoms with E-state index in [0.717, 1.165) is 25.3 Å². The van der Waals surface area contributed by atoms with Crippen LogP contribution in [0.4, 0.5) is 0 Å². The number of aryl methyl sites for hydroxylation is 1. The van der Waals surface area contributed by atoms with Crippen LogP contribution >= 0.6 is 0 Å². The monoisotopic (exact) mass is 478 g/mol. The molecule has 0 amide bonds. The molecule has 4 nitrogen and oxygen atoms in total. The molecule has 1 aliphatic heterocycles. The van der Waals surface area contributed by atoms with Crippen LogP contribution in [0.5, 0.6) is 5.75 Å². The predicted octanol–water partition coefficient (Wildman–Crippen LogP) is 6.95. The van der Waals surface area contributed by atoms with Crippen molar-refractivity contribution in [2.24, 2.45) is 0 Å². The number of benzene rings is 2. The molecule has 1 fully saturated rings. The number of rotatable bonds is 10. The Hall–Kier alpha value is -3.34. The standard InChI is InChI=1S/C32H34N2O2/c1-2-28-30-12-8-11-29-26(23-35-20-19-33-17-6-7-18-33)21-31(34(29)30)32(28)25-13-15-27(16-14-25)36-22-24-9-4-3-5-10-24/h3-5,8-16,21H,2,6-7,17-20,22-23H2,1H3. The number of nitrogens with zero attached hydrogens (tertiary/aromatic N) is 2. The summed E-state index contributed by atoms with van der Waals surface area (Å²) in [4.78, 5) is 2.51. The molecule has 2 aromatic carbocycles. The molecule has 6 rings (SSSR count). The Morgan fingerprint density at radius 2 is 1.56 bits per heavy atom. The molecule has 1 saturated heterocycles. The summed E-state index contributed by atoms with van der Waals surface area (Å²) in [6, 6.07) is 27.9. The summed E-state index contributed by atoms with van der Waals surface area (Å²) in [7, 11) is 0. The Morgan fingerprint density at radius 1 is 0.778 bits per heavy atom. The second-order valence-electron chi connectivity index (χ2n) is 9.79. The van der Waals surface area contributed by atoms with E-state index >= 15 is 0 Å². The molecule has 36 heavy (non-hydrogen) atoms. The molecule has 0 saturated carbocycles. The van der Waals surface area contributed by atoms with Gasteiger partial charge in [0.25, 0.3) is 0 Å². The highest BCUT2D eigenvalue weighted by Crippen LogP contribution is 2.39. The third kappa shape index (κ3) is 4.47. The van der Waals surface area contributed by atoms with Crippen LogP contribution in [-0.4, -0.2) is 35.5 Å². The van der Waals surface area contributed by atoms with Crippen molar-refractivity contribution in [2.75, 3.05) is 26.2 Å². The Balaban J connectivity index is 1.25. The van der Waals surface area contributed by atoms with Gasteiger partial charge < -0.3 is 18.8 Å². The first-order valence-corrected chi connectivity index (χ1v) is 13.3. The summed E-state index contributed by atoms with van der Waals surface area (Å²) < 4.78 is 14.6. The summed E-state index contributed by atoms with van der Waals surface area (Å²) in [6.07, 6.45) is 3.64. The summed E-state index contributed by atoms with van der Waals surface area (Å²) in [6.45, 7) is 7.75. The molecule has 0 aliphatic carbocycles. The minimum atomic E-state index is 0.578. The average Bonchev–Trinajstić information content (AvgIpc) is 3.65. The maximum Gasteiger partial charge on any atom is 0.119 e. The van der Waals surface area contributed by atoms with Gasteiger partial charge in [-0.15, -0.1) is 0 Å². The minimum Gasteiger partial charge on any atom is -0.489 e. The first-order valence-electron chi connectivity index (χ1n) is 13.3. The molecule has 3 aromatic heterocycles. The Labute approximate surface area is 213 Å². The fourth-order valence-corrected chi connectivity index (χ4v) is 5.66. The van der Waals surface area contributed by atoms with Gasteiger partial charge in [-0.2, -0.15) is 0 Å². The van der Waals surface area contributed by atoms with E-state index in [0.29, 0.717) is 13.2 Å². The normalized spacial score (nSPS) is 14.4. The lowest BCUT2D eigenvalue weighted by molar-refractivity contribution is 0.1000. The van der Waals surface area contributed by atoms with Crippen molar-refractivity contribution < 1.29 is 9.47 Å². The van der Waals surface area contributed by atoms with Crippen LogP contribution in [0.25, 0.3) is 27.7 Å². The lowest BCUT2D eigenvalue weighted by atomic mass is 9.99. The maximum absolute atomic E-state index is 6.15. The molecular weight excluding hydrogens is 444 g/mol. The second kappa shape index (κ2) is 10.3. The lowest BCUT2D eigenvalue weighted by Gasteiger charge is -2.14. The Kier molecular flexibility index (Phi) is 6.63. The van der Waals surface area contributed by atoms with Gasteiger partial charge in [0.15, 0.2) is 0 Å². The van der Waals surface area contributed by atoms with Gasteiger partial charge in [-0.25, -0.2) is 0 Å². The zero-order valence-corrected chi connectivity index (χ0v) is 21.1. The number of pyridine rings is 1. The summed E-state index contributed by atoms with van der Waals surface area (Å²) in [5, 5.41) is 0. The highest BCUT2D eigenvalue weighted by Gasteiger charge is 2.20. The first-order chi connectivity index (χ1) is 17.8. The number of likely N-dealkylation sites (tertiary alicyclic amines) is 1. The average molecular weight is 479 g/mol. The van der Waals surface area contributed by atoms with Crippen molar-refractivity contribution >= 4 is 16.6 Å². The molecule has 5 aromatic rings. The highest BCUT2D eigenvalue weighted by atomic mass is 16.5. The van der Waals surface area contributed by atoms with E-state index < -0.39 is 0 Å². The van der Waals surface area contributed by atoms with Crippen LogP contribution in [0.3, 0.4) is 0 Å². The van der Waals surface area contributed by atoms with Crippen molar-refractivity contribution in [3.8, 4) is 16.9 Å². The lowest BCUT2D eigenvalue weighted by Crippen LogP contribution is -2.23. The van der Waals surface area contributed by atoms with Crippen molar-refractivity contribution in [3.63, 3.8) is 0 Å². The Bertz CT molecular complexity index is 1420. The van der Waals surface area contributed by atoms with E-state index in [1.54, 1.807) is 0 Å². The van der Waals surface area contributed by atoms with Crippen LogP contribution in [0, 0.1) is 0 Å². The highest BCUT2D eigenvalue weighted by molar-refractivity contribution is 5.96. The number of hydrogen-bond donors (Lipinski definition) is 0. The van der Waals surface area contributed by atoms with Crippen LogP contribution in [0.1, 0.15) is 36.5 Å². The topological polar surface area (TPSA) is 26.1 Å². The number of aromatic nitrogens is 1. The van der Waals surface area contributed by atoms with Crippen LogP contribution in [0.15, 0.2) is 78.9 Å². The third-order valence-electron chi connectivity index (χ3n) is 7.49. The van der Waals surface area contributed by atoms with Gasteiger partial charge in [0.1, 0.15) is 12.4 Å².